The minimum absolute atomic E-state index is 0.0910. The lowest BCUT2D eigenvalue weighted by molar-refractivity contribution is -0.120. The van der Waals surface area contributed by atoms with Gasteiger partial charge in [0.25, 0.3) is 0 Å². The van der Waals surface area contributed by atoms with E-state index >= 15 is 0 Å². The van der Waals surface area contributed by atoms with Crippen molar-refractivity contribution in [2.75, 3.05) is 11.9 Å². The molecule has 2 aromatic rings. The van der Waals surface area contributed by atoms with E-state index in [9.17, 15) is 9.59 Å². The van der Waals surface area contributed by atoms with Gasteiger partial charge >= 0.3 is 6.03 Å². The number of nitrogens with one attached hydrogen (secondary N) is 3. The molecule has 0 radical (unpaired) electrons. The van der Waals surface area contributed by atoms with Crippen molar-refractivity contribution in [2.24, 2.45) is 0 Å². The second-order valence-electron chi connectivity index (χ2n) is 4.58. The number of benzene rings is 2. The summed E-state index contributed by atoms with van der Waals surface area (Å²) in [5.41, 5.74) is 1.60. The van der Waals surface area contributed by atoms with Crippen LogP contribution in [0.15, 0.2) is 54.6 Å². The molecule has 0 saturated heterocycles. The van der Waals surface area contributed by atoms with E-state index in [1.807, 2.05) is 30.3 Å². The third-order valence-electron chi connectivity index (χ3n) is 2.84. The maximum absolute atomic E-state index is 11.7. The quantitative estimate of drug-likeness (QED) is 0.793. The van der Waals surface area contributed by atoms with Crippen LogP contribution in [-0.4, -0.2) is 18.5 Å². The molecule has 2 rings (SSSR count). The summed E-state index contributed by atoms with van der Waals surface area (Å²) in [6, 6.07) is 15.8. The molecule has 0 saturated carbocycles. The predicted molar refractivity (Wildman–Crippen MR) is 86.8 cm³/mol. The van der Waals surface area contributed by atoms with Crippen molar-refractivity contribution in [3.8, 4) is 0 Å². The van der Waals surface area contributed by atoms with Crippen molar-refractivity contribution in [3.05, 3.63) is 65.2 Å². The molecule has 0 aliphatic carbocycles. The molecule has 0 fully saturated rings. The Morgan fingerprint density at radius 1 is 0.909 bits per heavy atom. The van der Waals surface area contributed by atoms with E-state index in [4.69, 9.17) is 11.6 Å². The first kappa shape index (κ1) is 15.9. The Bertz CT molecular complexity index is 630. The zero-order valence-electron chi connectivity index (χ0n) is 11.8. The number of urea groups is 1. The molecule has 0 unspecified atom stereocenters. The lowest BCUT2D eigenvalue weighted by atomic mass is 10.2. The van der Waals surface area contributed by atoms with Gasteiger partial charge in [-0.2, -0.15) is 0 Å². The molecule has 0 heterocycles. The van der Waals surface area contributed by atoms with Crippen LogP contribution in [0.3, 0.4) is 0 Å². The third kappa shape index (κ3) is 5.46. The van der Waals surface area contributed by atoms with Crippen LogP contribution in [0.5, 0.6) is 0 Å². The van der Waals surface area contributed by atoms with Crippen molar-refractivity contribution in [2.45, 2.75) is 6.54 Å². The van der Waals surface area contributed by atoms with E-state index in [2.05, 4.69) is 16.0 Å². The molecule has 5 nitrogen and oxygen atoms in total. The second-order valence-corrected chi connectivity index (χ2v) is 5.01. The molecule has 0 aromatic heterocycles. The van der Waals surface area contributed by atoms with Gasteiger partial charge in [-0.25, -0.2) is 4.79 Å². The van der Waals surface area contributed by atoms with Crippen LogP contribution in [0.4, 0.5) is 10.5 Å². The Balaban J connectivity index is 1.69. The number of para-hydroxylation sites is 1. The number of carbonyl (C=O) groups excluding carboxylic acids is 2. The largest absolute Gasteiger partial charge is 0.350 e. The topological polar surface area (TPSA) is 70.2 Å². The highest BCUT2D eigenvalue weighted by atomic mass is 35.5. The fraction of sp³-hybridized carbons (Fsp3) is 0.125. The first-order valence-corrected chi connectivity index (χ1v) is 7.12. The van der Waals surface area contributed by atoms with Crippen molar-refractivity contribution in [1.82, 2.24) is 10.6 Å². The molecular weight excluding hydrogens is 302 g/mol. The van der Waals surface area contributed by atoms with Gasteiger partial charge in [0.1, 0.15) is 0 Å². The van der Waals surface area contributed by atoms with E-state index < -0.39 is 6.03 Å². The standard InChI is InChI=1S/C16H16ClN3O2/c17-13-8-6-12(7-9-13)10-18-15(21)11-19-16(22)20-14-4-2-1-3-5-14/h1-9H,10-11H2,(H,18,21)(H2,19,20,22). The summed E-state index contributed by atoms with van der Waals surface area (Å²) in [6.45, 7) is 0.296. The maximum Gasteiger partial charge on any atom is 0.319 e. The van der Waals surface area contributed by atoms with Gasteiger partial charge in [-0.3, -0.25) is 4.79 Å². The average molecular weight is 318 g/mol. The van der Waals surface area contributed by atoms with Gasteiger partial charge in [-0.1, -0.05) is 41.9 Å². The van der Waals surface area contributed by atoms with Crippen LogP contribution in [0.2, 0.25) is 5.02 Å². The van der Waals surface area contributed by atoms with Crippen LogP contribution in [0.1, 0.15) is 5.56 Å². The highest BCUT2D eigenvalue weighted by molar-refractivity contribution is 6.30. The number of carbonyl (C=O) groups is 2. The molecule has 6 heteroatoms. The number of rotatable bonds is 5. The van der Waals surface area contributed by atoms with E-state index in [0.29, 0.717) is 17.3 Å². The number of amides is 3. The Kier molecular flexibility index (Phi) is 5.80. The first-order chi connectivity index (χ1) is 10.6. The van der Waals surface area contributed by atoms with Crippen LogP contribution in [-0.2, 0) is 11.3 Å². The van der Waals surface area contributed by atoms with E-state index in [1.54, 1.807) is 24.3 Å². The Morgan fingerprint density at radius 2 is 1.59 bits per heavy atom. The molecular formula is C16H16ClN3O2. The summed E-state index contributed by atoms with van der Waals surface area (Å²) in [4.78, 5) is 23.3. The molecule has 0 spiro atoms. The van der Waals surface area contributed by atoms with Gasteiger partial charge in [0.15, 0.2) is 0 Å². The third-order valence-corrected chi connectivity index (χ3v) is 3.10. The average Bonchev–Trinajstić information content (AvgIpc) is 2.53. The summed E-state index contributed by atoms with van der Waals surface area (Å²) < 4.78 is 0. The molecule has 22 heavy (non-hydrogen) atoms. The summed E-state index contributed by atoms with van der Waals surface area (Å²) >= 11 is 5.78. The van der Waals surface area contributed by atoms with Crippen LogP contribution < -0.4 is 16.0 Å². The fourth-order valence-corrected chi connectivity index (χ4v) is 1.85. The number of halogens is 1. The Labute approximate surface area is 133 Å². The lowest BCUT2D eigenvalue weighted by Crippen LogP contribution is -2.38. The minimum Gasteiger partial charge on any atom is -0.350 e. The van der Waals surface area contributed by atoms with Gasteiger partial charge in [-0.15, -0.1) is 0 Å². The molecule has 3 N–H and O–H groups in total. The summed E-state index contributed by atoms with van der Waals surface area (Å²) in [5.74, 6) is -0.266. The normalized spacial score (nSPS) is 9.86. The van der Waals surface area contributed by atoms with Crippen molar-refractivity contribution < 1.29 is 9.59 Å². The molecule has 3 amide bonds. The monoisotopic (exact) mass is 317 g/mol. The van der Waals surface area contributed by atoms with E-state index in [1.165, 1.54) is 0 Å². The van der Waals surface area contributed by atoms with Crippen molar-refractivity contribution >= 4 is 29.2 Å². The highest BCUT2D eigenvalue weighted by Crippen LogP contribution is 2.09. The second kappa shape index (κ2) is 8.05. The van der Waals surface area contributed by atoms with Crippen LogP contribution in [0, 0.1) is 0 Å². The minimum atomic E-state index is -0.423. The zero-order valence-corrected chi connectivity index (χ0v) is 12.6. The van der Waals surface area contributed by atoms with Gasteiger partial charge in [0, 0.05) is 17.3 Å². The number of hydrogen-bond acceptors (Lipinski definition) is 2. The van der Waals surface area contributed by atoms with Crippen LogP contribution >= 0.6 is 11.6 Å². The molecule has 2 aromatic carbocycles. The fourth-order valence-electron chi connectivity index (χ4n) is 1.72. The Hall–Kier alpha value is -2.53. The van der Waals surface area contributed by atoms with Gasteiger partial charge in [0.2, 0.25) is 5.91 Å². The molecule has 0 atom stereocenters. The van der Waals surface area contributed by atoms with E-state index in [-0.39, 0.29) is 12.5 Å². The Morgan fingerprint density at radius 3 is 2.27 bits per heavy atom. The van der Waals surface area contributed by atoms with E-state index in [0.717, 1.165) is 5.56 Å². The van der Waals surface area contributed by atoms with Crippen molar-refractivity contribution in [3.63, 3.8) is 0 Å². The number of hydrogen-bond donors (Lipinski definition) is 3. The predicted octanol–water partition coefficient (Wildman–Crippen LogP) is 2.78. The molecule has 114 valence electrons. The van der Waals surface area contributed by atoms with Crippen LogP contribution in [0.25, 0.3) is 0 Å². The van der Waals surface area contributed by atoms with Gasteiger partial charge < -0.3 is 16.0 Å². The van der Waals surface area contributed by atoms with Gasteiger partial charge in [0.05, 0.1) is 6.54 Å². The highest BCUT2D eigenvalue weighted by Gasteiger charge is 2.05. The molecule has 0 aliphatic heterocycles. The summed E-state index contributed by atoms with van der Waals surface area (Å²) in [5, 5.41) is 8.49. The van der Waals surface area contributed by atoms with Gasteiger partial charge in [-0.05, 0) is 29.8 Å². The number of anilines is 1. The molecule has 0 aliphatic rings. The zero-order chi connectivity index (χ0) is 15.8. The lowest BCUT2D eigenvalue weighted by Gasteiger charge is -2.08. The molecule has 0 bridgehead atoms. The maximum atomic E-state index is 11.7. The van der Waals surface area contributed by atoms with Crippen molar-refractivity contribution in [1.29, 1.82) is 0 Å². The SMILES string of the molecule is O=C(CNC(=O)Nc1ccccc1)NCc1ccc(Cl)cc1. The summed E-state index contributed by atoms with van der Waals surface area (Å²) in [6.07, 6.45) is 0. The summed E-state index contributed by atoms with van der Waals surface area (Å²) in [7, 11) is 0. The smallest absolute Gasteiger partial charge is 0.319 e. The first-order valence-electron chi connectivity index (χ1n) is 6.74.